The number of nitrogens with zero attached hydrogens (tertiary/aromatic N) is 3. The lowest BCUT2D eigenvalue weighted by molar-refractivity contribution is 0.0195. The maximum Gasteiger partial charge on any atom is 0.193 e. The molecule has 1 aromatic rings. The van der Waals surface area contributed by atoms with Crippen LogP contribution in [0.1, 0.15) is 24.8 Å². The molecule has 1 unspecified atom stereocenters. The maximum atomic E-state index is 5.77. The van der Waals surface area contributed by atoms with E-state index < -0.39 is 0 Å². The van der Waals surface area contributed by atoms with E-state index in [1.54, 1.807) is 0 Å². The Morgan fingerprint density at radius 3 is 2.75 bits per heavy atom. The Morgan fingerprint density at radius 2 is 1.96 bits per heavy atom. The molecule has 6 nitrogen and oxygen atoms in total. The van der Waals surface area contributed by atoms with Gasteiger partial charge < -0.3 is 19.7 Å². The van der Waals surface area contributed by atoms with Crippen molar-refractivity contribution in [2.24, 2.45) is 4.99 Å². The van der Waals surface area contributed by atoms with Gasteiger partial charge >= 0.3 is 0 Å². The fourth-order valence-electron chi connectivity index (χ4n) is 3.97. The molecule has 0 radical (unpaired) electrons. The summed E-state index contributed by atoms with van der Waals surface area (Å²) in [7, 11) is 1.89. The number of aliphatic imine (C=N–C) groups is 1. The van der Waals surface area contributed by atoms with E-state index in [4.69, 9.17) is 9.47 Å². The lowest BCUT2D eigenvalue weighted by atomic mass is 10.2. The highest BCUT2D eigenvalue weighted by atomic mass is 16.5. The minimum Gasteiger partial charge on any atom is -0.381 e. The summed E-state index contributed by atoms with van der Waals surface area (Å²) in [6, 6.07) is 11.2. The van der Waals surface area contributed by atoms with Gasteiger partial charge in [0.2, 0.25) is 0 Å². The van der Waals surface area contributed by atoms with Gasteiger partial charge in [-0.15, -0.1) is 0 Å². The first kappa shape index (κ1) is 21.1. The number of unbranched alkanes of at least 4 members (excludes halogenated alkanes) is 1. The van der Waals surface area contributed by atoms with Gasteiger partial charge in [0.25, 0.3) is 0 Å². The van der Waals surface area contributed by atoms with E-state index in [1.807, 2.05) is 7.05 Å². The summed E-state index contributed by atoms with van der Waals surface area (Å²) >= 11 is 0. The zero-order valence-electron chi connectivity index (χ0n) is 17.3. The molecule has 2 heterocycles. The molecule has 2 saturated heterocycles. The predicted molar refractivity (Wildman–Crippen MR) is 114 cm³/mol. The summed E-state index contributed by atoms with van der Waals surface area (Å²) in [4.78, 5) is 9.46. The van der Waals surface area contributed by atoms with Crippen LogP contribution in [0.3, 0.4) is 0 Å². The quantitative estimate of drug-likeness (QED) is 0.398. The van der Waals surface area contributed by atoms with Crippen molar-refractivity contribution in [1.82, 2.24) is 15.1 Å². The van der Waals surface area contributed by atoms with E-state index in [0.717, 1.165) is 84.4 Å². The highest BCUT2D eigenvalue weighted by Crippen LogP contribution is 2.17. The van der Waals surface area contributed by atoms with Gasteiger partial charge in [-0.2, -0.15) is 0 Å². The van der Waals surface area contributed by atoms with Crippen LogP contribution in [0.5, 0.6) is 0 Å². The normalized spacial score (nSPS) is 21.2. The minimum absolute atomic E-state index is 0.639. The first-order chi connectivity index (χ1) is 13.9. The Labute approximate surface area is 169 Å². The number of nitrogens with one attached hydrogen (secondary N) is 1. The smallest absolute Gasteiger partial charge is 0.193 e. The molecule has 0 spiro atoms. The molecule has 2 fully saturated rings. The Hall–Kier alpha value is -1.63. The summed E-state index contributed by atoms with van der Waals surface area (Å²) < 4.78 is 11.2. The molecule has 156 valence electrons. The number of rotatable bonds is 9. The molecule has 2 aliphatic heterocycles. The van der Waals surface area contributed by atoms with Gasteiger partial charge in [-0.05, 0) is 31.2 Å². The molecule has 0 amide bonds. The van der Waals surface area contributed by atoms with Gasteiger partial charge in [0.1, 0.15) is 0 Å². The first-order valence-corrected chi connectivity index (χ1v) is 10.8. The first-order valence-electron chi connectivity index (χ1n) is 10.8. The van der Waals surface area contributed by atoms with Gasteiger partial charge in [0, 0.05) is 52.4 Å². The molecule has 0 saturated carbocycles. The van der Waals surface area contributed by atoms with E-state index in [-0.39, 0.29) is 0 Å². The third kappa shape index (κ3) is 6.76. The van der Waals surface area contributed by atoms with Crippen LogP contribution >= 0.6 is 0 Å². The topological polar surface area (TPSA) is 49.3 Å². The van der Waals surface area contributed by atoms with Crippen LogP contribution in [-0.4, -0.2) is 88.0 Å². The zero-order valence-corrected chi connectivity index (χ0v) is 17.3. The van der Waals surface area contributed by atoms with E-state index in [9.17, 15) is 0 Å². The summed E-state index contributed by atoms with van der Waals surface area (Å²) in [5.74, 6) is 1.04. The van der Waals surface area contributed by atoms with Crippen molar-refractivity contribution in [3.8, 4) is 0 Å². The number of ether oxygens (including phenoxy) is 2. The molecule has 0 bridgehead atoms. The summed E-state index contributed by atoms with van der Waals surface area (Å²) in [6.07, 6.45) is 4.39. The molecule has 1 atom stereocenters. The Kier molecular flexibility index (Phi) is 9.07. The van der Waals surface area contributed by atoms with E-state index >= 15 is 0 Å². The largest absolute Gasteiger partial charge is 0.381 e. The van der Waals surface area contributed by atoms with Crippen LogP contribution in [0, 0.1) is 0 Å². The van der Waals surface area contributed by atoms with Crippen molar-refractivity contribution >= 4 is 5.96 Å². The van der Waals surface area contributed by atoms with Gasteiger partial charge in [-0.25, -0.2) is 0 Å². The predicted octanol–water partition coefficient (Wildman–Crippen LogP) is 2.01. The van der Waals surface area contributed by atoms with Crippen molar-refractivity contribution in [3.05, 3.63) is 35.9 Å². The molecule has 28 heavy (non-hydrogen) atoms. The average Bonchev–Trinajstić information content (AvgIpc) is 3.24. The Morgan fingerprint density at radius 1 is 1.14 bits per heavy atom. The lowest BCUT2D eigenvalue weighted by Gasteiger charge is -2.32. The highest BCUT2D eigenvalue weighted by Gasteiger charge is 2.30. The second kappa shape index (κ2) is 12.0. The highest BCUT2D eigenvalue weighted by molar-refractivity contribution is 5.80. The van der Waals surface area contributed by atoms with Crippen LogP contribution in [0.2, 0.25) is 0 Å². The van der Waals surface area contributed by atoms with Gasteiger partial charge in [-0.1, -0.05) is 30.3 Å². The molecular weight excluding hydrogens is 352 g/mol. The number of morpholine rings is 1. The van der Waals surface area contributed by atoms with Crippen molar-refractivity contribution in [2.45, 2.75) is 31.7 Å². The molecule has 0 aliphatic carbocycles. The van der Waals surface area contributed by atoms with Crippen molar-refractivity contribution in [2.75, 3.05) is 66.2 Å². The third-order valence-corrected chi connectivity index (χ3v) is 5.61. The van der Waals surface area contributed by atoms with Crippen LogP contribution in [-0.2, 0) is 15.9 Å². The van der Waals surface area contributed by atoms with Crippen LogP contribution in [0.15, 0.2) is 35.3 Å². The minimum atomic E-state index is 0.639. The number of guanidine groups is 1. The standard InChI is InChI=1S/C22H36N4O2/c1-23-22(26-12-9-21(19-26)25-13-17-28-18-14-25)24-11-5-6-15-27-16-10-20-7-3-2-4-8-20/h2-4,7-8,21H,5-6,9-19H2,1H3,(H,23,24). The molecule has 1 N–H and O–H groups in total. The van der Waals surface area contributed by atoms with E-state index in [2.05, 4.69) is 50.4 Å². The third-order valence-electron chi connectivity index (χ3n) is 5.61. The van der Waals surface area contributed by atoms with E-state index in [1.165, 1.54) is 12.0 Å². The van der Waals surface area contributed by atoms with Crippen molar-refractivity contribution in [3.63, 3.8) is 0 Å². The summed E-state index contributed by atoms with van der Waals surface area (Å²) in [5, 5.41) is 3.53. The molecular formula is C22H36N4O2. The van der Waals surface area contributed by atoms with Crippen LogP contribution in [0.25, 0.3) is 0 Å². The number of likely N-dealkylation sites (tertiary alicyclic amines) is 1. The number of hydrogen-bond donors (Lipinski definition) is 1. The molecule has 0 aromatic heterocycles. The Bertz CT molecular complexity index is 575. The maximum absolute atomic E-state index is 5.77. The fraction of sp³-hybridized carbons (Fsp3) is 0.682. The van der Waals surface area contributed by atoms with Gasteiger partial charge in [-0.3, -0.25) is 9.89 Å². The molecule has 1 aromatic carbocycles. The van der Waals surface area contributed by atoms with Crippen molar-refractivity contribution < 1.29 is 9.47 Å². The fourth-order valence-corrected chi connectivity index (χ4v) is 3.97. The Balaban J connectivity index is 1.23. The second-order valence-electron chi connectivity index (χ2n) is 7.57. The molecule has 3 rings (SSSR count). The zero-order chi connectivity index (χ0) is 19.4. The number of benzene rings is 1. The molecule has 6 heteroatoms. The lowest BCUT2D eigenvalue weighted by Crippen LogP contribution is -2.46. The monoisotopic (exact) mass is 388 g/mol. The van der Waals surface area contributed by atoms with Crippen molar-refractivity contribution in [1.29, 1.82) is 0 Å². The number of hydrogen-bond acceptors (Lipinski definition) is 4. The SMILES string of the molecule is CN=C(NCCCCOCCc1ccccc1)N1CCC(N2CCOCC2)C1. The summed E-state index contributed by atoms with van der Waals surface area (Å²) in [6.45, 7) is 8.61. The van der Waals surface area contributed by atoms with Gasteiger partial charge in [0.05, 0.1) is 19.8 Å². The van der Waals surface area contributed by atoms with E-state index in [0.29, 0.717) is 6.04 Å². The van der Waals surface area contributed by atoms with Crippen LogP contribution in [0.4, 0.5) is 0 Å². The van der Waals surface area contributed by atoms with Crippen LogP contribution < -0.4 is 5.32 Å². The molecule has 2 aliphatic rings. The average molecular weight is 389 g/mol. The summed E-state index contributed by atoms with van der Waals surface area (Å²) in [5.41, 5.74) is 1.34. The van der Waals surface area contributed by atoms with Gasteiger partial charge in [0.15, 0.2) is 5.96 Å². The second-order valence-corrected chi connectivity index (χ2v) is 7.57.